The van der Waals surface area contributed by atoms with Gasteiger partial charge >= 0.3 is 38.7 Å². The zero-order valence-corrected chi connectivity index (χ0v) is 16.3. The molecular weight excluding hydrogens is 402 g/mol. The van der Waals surface area contributed by atoms with Gasteiger partial charge in [-0.3, -0.25) is 9.05 Å². The van der Waals surface area contributed by atoms with Crippen molar-refractivity contribution in [3.8, 4) is 0 Å². The Morgan fingerprint density at radius 1 is 0.840 bits per heavy atom. The van der Waals surface area contributed by atoms with Crippen LogP contribution in [0.3, 0.4) is 0 Å². The molecule has 0 fully saturated rings. The summed E-state index contributed by atoms with van der Waals surface area (Å²) in [6, 6.07) is -3.12. The molecule has 144 valence electrons. The van der Waals surface area contributed by atoms with Crippen LogP contribution in [-0.2, 0) is 27.8 Å². The van der Waals surface area contributed by atoms with Crippen LogP contribution in [0.15, 0.2) is 0 Å². The van der Waals surface area contributed by atoms with Crippen LogP contribution >= 0.6 is 15.6 Å². The van der Waals surface area contributed by atoms with Crippen LogP contribution < -0.4 is 21.7 Å². The molecule has 4 atom stereocenters. The molecule has 0 heterocycles. The van der Waals surface area contributed by atoms with Crippen molar-refractivity contribution in [2.24, 2.45) is 11.5 Å². The number of nitrogens with two attached hydrogens (primary N) is 2. The molecule has 0 spiro atoms. The molecule has 0 saturated heterocycles. The number of phosphoric ester groups is 2. The number of rotatable bonds is 8. The van der Waals surface area contributed by atoms with Gasteiger partial charge in [-0.2, -0.15) is 0 Å². The van der Waals surface area contributed by atoms with Gasteiger partial charge in [0, 0.05) is 0 Å². The van der Waals surface area contributed by atoms with Crippen molar-refractivity contribution < 1.29 is 57.6 Å². The van der Waals surface area contributed by atoms with E-state index in [1.165, 1.54) is 0 Å². The van der Waals surface area contributed by atoms with Gasteiger partial charge in [-0.1, -0.05) is 0 Å². The van der Waals surface area contributed by atoms with Gasteiger partial charge in [0.25, 0.3) is 0 Å². The van der Waals surface area contributed by atoms with Gasteiger partial charge in [-0.05, 0) is 13.8 Å². The fourth-order valence-electron chi connectivity index (χ4n) is 0.948. The molecule has 0 aromatic heterocycles. The summed E-state index contributed by atoms with van der Waals surface area (Å²) in [4.78, 5) is 53.1. The number of phosphoric acid groups is 2. The zero-order chi connectivity index (χ0) is 19.9. The normalized spacial score (nSPS) is 16.3. The summed E-state index contributed by atoms with van der Waals surface area (Å²) in [5.74, 6) is -3.26. The SMILES string of the molecule is C[C@@H](OP(=O)(O)O)[C@H](N)C(=O)[O-].C[C@@H](OP(=O)(O)O)[C@H](N)C(=O)[O-].[Mg+2]. The van der Waals surface area contributed by atoms with Crippen LogP contribution in [0, 0.1) is 0 Å². The average molecular weight is 420 g/mol. The summed E-state index contributed by atoms with van der Waals surface area (Å²) in [7, 11) is -9.37. The van der Waals surface area contributed by atoms with Gasteiger partial charge in [-0.25, -0.2) is 9.13 Å². The summed E-state index contributed by atoms with van der Waals surface area (Å²) in [6.07, 6.45) is -2.59. The third kappa shape index (κ3) is 17.0. The largest absolute Gasteiger partial charge is 2.00 e. The molecule has 0 aromatic carbocycles. The van der Waals surface area contributed by atoms with E-state index in [4.69, 9.17) is 31.0 Å². The molecule has 0 aliphatic carbocycles. The van der Waals surface area contributed by atoms with Crippen LogP contribution in [0.4, 0.5) is 0 Å². The average Bonchev–Trinajstić information content (AvgIpc) is 2.33. The number of carboxylic acid groups (broad SMARTS) is 2. The molecule has 0 unspecified atom stereocenters. The Morgan fingerprint density at radius 2 is 1.04 bits per heavy atom. The monoisotopic (exact) mass is 420 g/mol. The Kier molecular flexibility index (Phi) is 14.5. The van der Waals surface area contributed by atoms with Gasteiger partial charge in [0.1, 0.15) is 0 Å². The first kappa shape index (κ1) is 29.6. The van der Waals surface area contributed by atoms with E-state index in [0.29, 0.717) is 0 Å². The van der Waals surface area contributed by atoms with E-state index in [2.05, 4.69) is 9.05 Å². The molecule has 14 nitrogen and oxygen atoms in total. The first-order valence-corrected chi connectivity index (χ1v) is 8.94. The fraction of sp³-hybridized carbons (Fsp3) is 0.750. The number of carboxylic acids is 2. The summed E-state index contributed by atoms with van der Waals surface area (Å²) in [5.41, 5.74) is 9.87. The molecule has 0 bridgehead atoms. The maximum absolute atomic E-state index is 10.2. The minimum Gasteiger partial charge on any atom is -0.548 e. The third-order valence-electron chi connectivity index (χ3n) is 2.16. The van der Waals surface area contributed by atoms with Crippen molar-refractivity contribution in [1.82, 2.24) is 0 Å². The molecule has 0 rings (SSSR count). The number of carbonyl (C=O) groups is 2. The van der Waals surface area contributed by atoms with Gasteiger partial charge in [0.15, 0.2) is 0 Å². The fourth-order valence-corrected chi connectivity index (χ4v) is 2.08. The van der Waals surface area contributed by atoms with Crippen LogP contribution in [0.1, 0.15) is 13.8 Å². The molecule has 0 saturated carbocycles. The van der Waals surface area contributed by atoms with Crippen molar-refractivity contribution in [1.29, 1.82) is 0 Å². The second-order valence-corrected chi connectivity index (χ2v) is 6.68. The van der Waals surface area contributed by atoms with Gasteiger partial charge in [0.2, 0.25) is 0 Å². The first-order chi connectivity index (χ1) is 10.5. The Bertz CT molecular complexity index is 475. The van der Waals surface area contributed by atoms with E-state index in [0.717, 1.165) is 13.8 Å². The molecule has 25 heavy (non-hydrogen) atoms. The van der Waals surface area contributed by atoms with Gasteiger partial charge in [0.05, 0.1) is 36.2 Å². The van der Waals surface area contributed by atoms with Gasteiger partial charge < -0.3 is 50.8 Å². The quantitative estimate of drug-likeness (QED) is 0.158. The van der Waals surface area contributed by atoms with Crippen LogP contribution in [-0.4, -0.2) is 78.9 Å². The smallest absolute Gasteiger partial charge is 0.548 e. The van der Waals surface area contributed by atoms with E-state index in [9.17, 15) is 28.9 Å². The van der Waals surface area contributed by atoms with Crippen molar-refractivity contribution in [2.45, 2.75) is 38.1 Å². The number of hydrogen-bond acceptors (Lipinski definition) is 10. The topological polar surface area (TPSA) is 266 Å². The molecule has 8 N–H and O–H groups in total. The molecule has 0 radical (unpaired) electrons. The minimum absolute atomic E-state index is 0. The Labute approximate surface area is 158 Å². The Hall–Kier alpha value is -0.154. The minimum atomic E-state index is -4.69. The summed E-state index contributed by atoms with van der Waals surface area (Å²) in [6.45, 7) is 2.25. The molecule has 0 amide bonds. The maximum atomic E-state index is 10.2. The Balaban J connectivity index is -0.000000372. The molecule has 0 aromatic rings. The van der Waals surface area contributed by atoms with E-state index in [1.54, 1.807) is 0 Å². The van der Waals surface area contributed by atoms with E-state index in [1.807, 2.05) is 0 Å². The summed E-state index contributed by atoms with van der Waals surface area (Å²) >= 11 is 0. The molecule has 0 aliphatic rings. The second-order valence-electron chi connectivity index (χ2n) is 4.29. The number of aliphatic carboxylic acids is 2. The van der Waals surface area contributed by atoms with Crippen molar-refractivity contribution in [3.63, 3.8) is 0 Å². The zero-order valence-electron chi connectivity index (χ0n) is 13.1. The van der Waals surface area contributed by atoms with Crippen LogP contribution in [0.5, 0.6) is 0 Å². The van der Waals surface area contributed by atoms with Crippen LogP contribution in [0.2, 0.25) is 0 Å². The predicted molar refractivity (Wildman–Crippen MR) is 76.9 cm³/mol. The summed E-state index contributed by atoms with van der Waals surface area (Å²) < 4.78 is 28.3. The van der Waals surface area contributed by atoms with Crippen molar-refractivity contribution in [2.75, 3.05) is 0 Å². The van der Waals surface area contributed by atoms with E-state index >= 15 is 0 Å². The maximum Gasteiger partial charge on any atom is 2.00 e. The van der Waals surface area contributed by atoms with E-state index in [-0.39, 0.29) is 23.1 Å². The second kappa shape index (κ2) is 12.3. The predicted octanol–water partition coefficient (Wildman–Crippen LogP) is -5.26. The molecular formula is C8H18MgN2O12P2. The van der Waals surface area contributed by atoms with Crippen LogP contribution in [0.25, 0.3) is 0 Å². The van der Waals surface area contributed by atoms with Gasteiger partial charge in [-0.15, -0.1) is 0 Å². The Morgan fingerprint density at radius 3 is 1.16 bits per heavy atom. The summed E-state index contributed by atoms with van der Waals surface area (Å²) in [5, 5.41) is 20.1. The van der Waals surface area contributed by atoms with E-state index < -0.39 is 51.9 Å². The van der Waals surface area contributed by atoms with Crippen molar-refractivity contribution in [3.05, 3.63) is 0 Å². The molecule has 0 aliphatic heterocycles. The number of carbonyl (C=O) groups excluding carboxylic acids is 2. The molecule has 17 heteroatoms. The number of hydrogen-bond donors (Lipinski definition) is 6. The standard InChI is InChI=1S/2C4H10NO6P.Mg/c2*1-2(3(5)4(6)7)11-12(8,9)10;/h2*2-3H,5H2,1H3,(H,6,7)(H2,8,9,10);/q;;+2/p-2/t2*2-,3+;/m11./s1. The third-order valence-corrected chi connectivity index (χ3v) is 3.38. The van der Waals surface area contributed by atoms with Crippen molar-refractivity contribution >= 4 is 50.6 Å². The first-order valence-electron chi connectivity index (χ1n) is 5.88.